The molecule has 0 amide bonds. The first-order valence-electron chi connectivity index (χ1n) is 0.977. The molecule has 0 unspecified atom stereocenters. The molecule has 5 heavy (non-hydrogen) atoms. The van der Waals surface area contributed by atoms with Crippen molar-refractivity contribution in [1.82, 2.24) is 0 Å². The second-order valence-corrected chi connectivity index (χ2v) is 5.49. The van der Waals surface area contributed by atoms with Gasteiger partial charge < -0.3 is 0 Å². The Bertz CT molecular complexity index is 52.4. The van der Waals surface area contributed by atoms with E-state index in [4.69, 9.17) is 5.26 Å². The van der Waals surface area contributed by atoms with Gasteiger partial charge in [0, 0.05) is 0 Å². The van der Waals surface area contributed by atoms with Crippen molar-refractivity contribution in [2.75, 3.05) is 0 Å². The third-order valence-electron chi connectivity index (χ3n) is 0.135. The summed E-state index contributed by atoms with van der Waals surface area (Å²) in [5, 5.41) is 12.0. The Balaban J connectivity index is 2.94. The molecular formula is C3H6AuN. The van der Waals surface area contributed by atoms with E-state index in [0.717, 1.165) is 0 Å². The standard InChI is InChI=1S/CN.2CH3.Au/c1-2;;;/h;2*1H3;. The molecule has 0 heterocycles. The Labute approximate surface area is 38.7 Å². The number of nitrogens with zero attached hydrogens (tertiary/aromatic N) is 1. The number of nitriles is 1. The summed E-state index contributed by atoms with van der Waals surface area (Å²) < 4.78 is 2.18. The molecule has 0 atom stereocenters. The quantitative estimate of drug-likeness (QED) is 0.595. The predicted octanol–water partition coefficient (Wildman–Crippen LogP) is 1.18. The van der Waals surface area contributed by atoms with Crippen molar-refractivity contribution in [2.24, 2.45) is 0 Å². The summed E-state index contributed by atoms with van der Waals surface area (Å²) >= 11 is -0.913. The van der Waals surface area contributed by atoms with Crippen LogP contribution in [0.2, 0.25) is 10.3 Å². The Morgan fingerprint density at radius 1 is 1.60 bits per heavy atom. The molecule has 2 heteroatoms. The average Bonchev–Trinajstić information content (AvgIpc) is 1.38. The Kier molecular flexibility index (Phi) is 2.58. The molecule has 0 aliphatic rings. The van der Waals surface area contributed by atoms with E-state index in [-0.39, 0.29) is 0 Å². The zero-order valence-electron chi connectivity index (χ0n) is 3.25. The van der Waals surface area contributed by atoms with Crippen molar-refractivity contribution in [1.29, 1.82) is 5.26 Å². The molecule has 0 rings (SSSR count). The van der Waals surface area contributed by atoms with Crippen LogP contribution in [-0.2, 0) is 18.4 Å². The van der Waals surface area contributed by atoms with Gasteiger partial charge in [0.1, 0.15) is 0 Å². The molecule has 0 aliphatic carbocycles. The van der Waals surface area contributed by atoms with E-state index in [1.54, 1.807) is 0 Å². The van der Waals surface area contributed by atoms with Crippen molar-refractivity contribution < 1.29 is 18.4 Å². The zero-order chi connectivity index (χ0) is 4.28. The van der Waals surface area contributed by atoms with E-state index in [1.165, 1.54) is 0 Å². The molecule has 1 nitrogen and oxygen atoms in total. The van der Waals surface area contributed by atoms with Crippen molar-refractivity contribution in [2.45, 2.75) is 10.3 Å². The molecule has 0 aromatic rings. The van der Waals surface area contributed by atoms with Gasteiger partial charge in [-0.05, 0) is 0 Å². The van der Waals surface area contributed by atoms with Gasteiger partial charge in [-0.3, -0.25) is 0 Å². The first kappa shape index (κ1) is 5.23. The fourth-order valence-corrected chi connectivity index (χ4v) is 0. The normalized spacial score (nSPS) is 9.40. The van der Waals surface area contributed by atoms with E-state index < -0.39 is 18.4 Å². The second-order valence-electron chi connectivity index (χ2n) is 0.670. The summed E-state index contributed by atoms with van der Waals surface area (Å²) in [4.78, 5) is 0. The minimum atomic E-state index is -0.913. The Morgan fingerprint density at radius 2 is 1.80 bits per heavy atom. The molecule has 0 saturated carbocycles. The summed E-state index contributed by atoms with van der Waals surface area (Å²) in [6.45, 7) is 0. The molecular weight excluding hydrogens is 247 g/mol. The van der Waals surface area contributed by atoms with Crippen LogP contribution in [0, 0.1) is 9.55 Å². The summed E-state index contributed by atoms with van der Waals surface area (Å²) in [6, 6.07) is 0. The first-order chi connectivity index (χ1) is 2.27. The van der Waals surface area contributed by atoms with Gasteiger partial charge in [-0.1, -0.05) is 0 Å². The molecule has 0 fully saturated rings. The summed E-state index contributed by atoms with van der Waals surface area (Å²) in [7, 11) is 0. The predicted molar refractivity (Wildman–Crippen MR) is 17.3 cm³/mol. The van der Waals surface area contributed by atoms with Gasteiger partial charge in [0.2, 0.25) is 0 Å². The average molecular weight is 253 g/mol. The van der Waals surface area contributed by atoms with Crippen LogP contribution < -0.4 is 0 Å². The van der Waals surface area contributed by atoms with Crippen LogP contribution in [-0.4, -0.2) is 0 Å². The summed E-state index contributed by atoms with van der Waals surface area (Å²) in [6.07, 6.45) is 0. The summed E-state index contributed by atoms with van der Waals surface area (Å²) in [5.74, 6) is 0. The zero-order valence-corrected chi connectivity index (χ0v) is 5.42. The van der Waals surface area contributed by atoms with Crippen LogP contribution in [0.5, 0.6) is 0 Å². The molecule has 0 aromatic carbocycles. The van der Waals surface area contributed by atoms with E-state index in [2.05, 4.69) is 4.29 Å². The minimum absolute atomic E-state index is 0.913. The van der Waals surface area contributed by atoms with Crippen molar-refractivity contribution in [3.63, 3.8) is 0 Å². The van der Waals surface area contributed by atoms with E-state index in [0.29, 0.717) is 0 Å². The van der Waals surface area contributed by atoms with Gasteiger partial charge in [0.15, 0.2) is 0 Å². The van der Waals surface area contributed by atoms with Gasteiger partial charge in [-0.25, -0.2) is 0 Å². The Hall–Kier alpha value is 0.230. The fourth-order valence-electron chi connectivity index (χ4n) is 0. The van der Waals surface area contributed by atoms with Crippen molar-refractivity contribution in [3.05, 3.63) is 0 Å². The second kappa shape index (κ2) is 2.47. The molecule has 0 bridgehead atoms. The van der Waals surface area contributed by atoms with Crippen LogP contribution in [0.15, 0.2) is 0 Å². The van der Waals surface area contributed by atoms with Crippen LogP contribution >= 0.6 is 0 Å². The molecule has 0 aromatic heterocycles. The maximum atomic E-state index is 7.96. The van der Waals surface area contributed by atoms with Crippen LogP contribution in [0.4, 0.5) is 0 Å². The van der Waals surface area contributed by atoms with Gasteiger partial charge >= 0.3 is 38.3 Å². The molecule has 0 radical (unpaired) electrons. The SMILES string of the molecule is [CH3][Au]([CH3])[C]#N. The number of hydrogen-bond acceptors (Lipinski definition) is 1. The van der Waals surface area contributed by atoms with E-state index >= 15 is 0 Å². The molecule has 34 valence electrons. The topological polar surface area (TPSA) is 23.8 Å². The fraction of sp³-hybridized carbons (Fsp3) is 0.667. The van der Waals surface area contributed by atoms with Gasteiger partial charge in [0.05, 0.1) is 0 Å². The van der Waals surface area contributed by atoms with Gasteiger partial charge in [-0.15, -0.1) is 0 Å². The van der Waals surface area contributed by atoms with Gasteiger partial charge in [-0.2, -0.15) is 0 Å². The van der Waals surface area contributed by atoms with Crippen molar-refractivity contribution in [3.8, 4) is 4.29 Å². The third kappa shape index (κ3) is 4.23. The maximum absolute atomic E-state index is 7.96. The van der Waals surface area contributed by atoms with Crippen LogP contribution in [0.25, 0.3) is 0 Å². The number of rotatable bonds is 0. The Morgan fingerprint density at radius 3 is 1.80 bits per heavy atom. The van der Waals surface area contributed by atoms with Gasteiger partial charge in [0.25, 0.3) is 0 Å². The molecule has 0 saturated heterocycles. The van der Waals surface area contributed by atoms with E-state index in [9.17, 15) is 0 Å². The molecule has 0 spiro atoms. The third-order valence-corrected chi connectivity index (χ3v) is 1.10. The molecule has 0 aliphatic heterocycles. The summed E-state index contributed by atoms with van der Waals surface area (Å²) in [5.41, 5.74) is 0. The van der Waals surface area contributed by atoms with Crippen molar-refractivity contribution >= 4 is 0 Å². The van der Waals surface area contributed by atoms with E-state index in [1.807, 2.05) is 10.3 Å². The first-order valence-corrected chi connectivity index (χ1v) is 6.39. The van der Waals surface area contributed by atoms with Crippen LogP contribution in [0.3, 0.4) is 0 Å². The molecule has 0 N–H and O–H groups in total. The monoisotopic (exact) mass is 253 g/mol. The number of hydrogen-bond donors (Lipinski definition) is 0. The van der Waals surface area contributed by atoms with Crippen LogP contribution in [0.1, 0.15) is 0 Å².